The van der Waals surface area contributed by atoms with Crippen LogP contribution in [0.1, 0.15) is 18.5 Å². The van der Waals surface area contributed by atoms with E-state index in [1.165, 1.54) is 4.68 Å². The molecule has 0 unspecified atom stereocenters. The molecule has 1 amide bonds. The first kappa shape index (κ1) is 11.1. The van der Waals surface area contributed by atoms with E-state index >= 15 is 0 Å². The number of nitrogens with zero attached hydrogens (tertiary/aromatic N) is 4. The van der Waals surface area contributed by atoms with E-state index in [4.69, 9.17) is 5.11 Å². The normalized spacial score (nSPS) is 15.1. The maximum Gasteiger partial charge on any atom is 0.244 e. The zero-order chi connectivity index (χ0) is 11.5. The van der Waals surface area contributed by atoms with Crippen LogP contribution in [0.15, 0.2) is 6.20 Å². The summed E-state index contributed by atoms with van der Waals surface area (Å²) in [7, 11) is 1.82. The van der Waals surface area contributed by atoms with E-state index < -0.39 is 0 Å². The first-order valence-electron chi connectivity index (χ1n) is 5.46. The van der Waals surface area contributed by atoms with Gasteiger partial charge in [0.05, 0.1) is 5.69 Å². The lowest BCUT2D eigenvalue weighted by Crippen LogP contribution is -2.32. The minimum Gasteiger partial charge on any atom is -0.396 e. The van der Waals surface area contributed by atoms with Crippen LogP contribution < -0.4 is 0 Å². The predicted octanol–water partition coefficient (Wildman–Crippen LogP) is -0.566. The Hall–Kier alpha value is -1.43. The number of amides is 1. The highest BCUT2D eigenvalue weighted by Crippen LogP contribution is 2.25. The first-order chi connectivity index (χ1) is 7.70. The Kier molecular flexibility index (Phi) is 3.19. The molecule has 1 aliphatic carbocycles. The maximum absolute atomic E-state index is 11.7. The molecule has 0 atom stereocenters. The SMILES string of the molecule is CN(C(=O)Cn1cc(CCO)nn1)C1CC1. The summed E-state index contributed by atoms with van der Waals surface area (Å²) in [6.45, 7) is 0.278. The average molecular weight is 224 g/mol. The van der Waals surface area contributed by atoms with E-state index in [0.717, 1.165) is 12.8 Å². The molecule has 1 aromatic heterocycles. The number of carbonyl (C=O) groups excluding carboxylic acids is 1. The van der Waals surface area contributed by atoms with Crippen molar-refractivity contribution in [1.82, 2.24) is 19.9 Å². The molecule has 1 saturated carbocycles. The van der Waals surface area contributed by atoms with Crippen molar-refractivity contribution in [2.24, 2.45) is 0 Å². The Morgan fingerprint density at radius 3 is 3.06 bits per heavy atom. The molecule has 0 spiro atoms. The summed E-state index contributed by atoms with van der Waals surface area (Å²) < 4.78 is 1.52. The largest absolute Gasteiger partial charge is 0.396 e. The van der Waals surface area contributed by atoms with Crippen molar-refractivity contribution in [1.29, 1.82) is 0 Å². The fourth-order valence-electron chi connectivity index (χ4n) is 1.56. The standard InChI is InChI=1S/C10H16N4O2/c1-13(9-2-3-9)10(16)7-14-6-8(4-5-15)11-12-14/h6,9,15H,2-5,7H2,1H3. The van der Waals surface area contributed by atoms with E-state index in [0.29, 0.717) is 18.2 Å². The van der Waals surface area contributed by atoms with Crippen molar-refractivity contribution >= 4 is 5.91 Å². The van der Waals surface area contributed by atoms with Crippen LogP contribution in [0.4, 0.5) is 0 Å². The minimum absolute atomic E-state index is 0.0502. The molecule has 0 saturated heterocycles. The van der Waals surface area contributed by atoms with Crippen molar-refractivity contribution < 1.29 is 9.90 Å². The topological polar surface area (TPSA) is 71.2 Å². The van der Waals surface area contributed by atoms with Crippen LogP contribution >= 0.6 is 0 Å². The molecule has 6 heteroatoms. The third-order valence-electron chi connectivity index (χ3n) is 2.74. The van der Waals surface area contributed by atoms with Gasteiger partial charge in [-0.2, -0.15) is 0 Å². The van der Waals surface area contributed by atoms with Crippen LogP contribution in [0, 0.1) is 0 Å². The lowest BCUT2D eigenvalue weighted by molar-refractivity contribution is -0.131. The zero-order valence-corrected chi connectivity index (χ0v) is 9.33. The molecular formula is C10H16N4O2. The molecule has 1 fully saturated rings. The Morgan fingerprint density at radius 1 is 1.69 bits per heavy atom. The van der Waals surface area contributed by atoms with Gasteiger partial charge in [-0.05, 0) is 12.8 Å². The van der Waals surface area contributed by atoms with Crippen molar-refractivity contribution in [2.45, 2.75) is 31.8 Å². The van der Waals surface area contributed by atoms with Gasteiger partial charge in [0.1, 0.15) is 6.54 Å². The van der Waals surface area contributed by atoms with Crippen LogP contribution in [0.2, 0.25) is 0 Å². The van der Waals surface area contributed by atoms with E-state index in [9.17, 15) is 4.79 Å². The highest BCUT2D eigenvalue weighted by atomic mass is 16.3. The molecule has 1 heterocycles. The number of aromatic nitrogens is 3. The van der Waals surface area contributed by atoms with E-state index in [1.807, 2.05) is 7.05 Å². The third-order valence-corrected chi connectivity index (χ3v) is 2.74. The van der Waals surface area contributed by atoms with Crippen molar-refractivity contribution in [3.63, 3.8) is 0 Å². The van der Waals surface area contributed by atoms with Crippen LogP contribution in [0.3, 0.4) is 0 Å². The van der Waals surface area contributed by atoms with E-state index in [-0.39, 0.29) is 19.1 Å². The number of hydrogen-bond acceptors (Lipinski definition) is 4. The van der Waals surface area contributed by atoms with Crippen molar-refractivity contribution in [2.75, 3.05) is 13.7 Å². The van der Waals surface area contributed by atoms with Crippen LogP contribution in [0.5, 0.6) is 0 Å². The van der Waals surface area contributed by atoms with Gasteiger partial charge in [-0.25, -0.2) is 4.68 Å². The van der Waals surface area contributed by atoms with Crippen molar-refractivity contribution in [3.8, 4) is 0 Å². The summed E-state index contributed by atoms with van der Waals surface area (Å²) in [5.41, 5.74) is 0.712. The Morgan fingerprint density at radius 2 is 2.44 bits per heavy atom. The van der Waals surface area contributed by atoms with Gasteiger partial charge in [-0.15, -0.1) is 5.10 Å². The number of rotatable bonds is 5. The Bertz CT molecular complexity index is 373. The molecule has 0 aromatic carbocycles. The average Bonchev–Trinajstić information content (AvgIpc) is 3.02. The molecule has 1 aromatic rings. The van der Waals surface area contributed by atoms with Gasteiger partial charge in [0, 0.05) is 32.3 Å². The summed E-state index contributed by atoms with van der Waals surface area (Å²) in [6.07, 6.45) is 4.40. The Labute approximate surface area is 93.9 Å². The molecule has 6 nitrogen and oxygen atoms in total. The van der Waals surface area contributed by atoms with Gasteiger partial charge < -0.3 is 10.0 Å². The van der Waals surface area contributed by atoms with Crippen LogP contribution in [-0.4, -0.2) is 50.6 Å². The van der Waals surface area contributed by atoms with Gasteiger partial charge in [-0.1, -0.05) is 5.21 Å². The second-order valence-corrected chi connectivity index (χ2v) is 4.12. The van der Waals surface area contributed by atoms with Gasteiger partial charge in [0.2, 0.25) is 5.91 Å². The first-order valence-corrected chi connectivity index (χ1v) is 5.46. The van der Waals surface area contributed by atoms with Crippen LogP contribution in [0.25, 0.3) is 0 Å². The smallest absolute Gasteiger partial charge is 0.244 e. The van der Waals surface area contributed by atoms with Crippen LogP contribution in [-0.2, 0) is 17.8 Å². The zero-order valence-electron chi connectivity index (χ0n) is 9.33. The molecule has 16 heavy (non-hydrogen) atoms. The number of aliphatic hydroxyl groups excluding tert-OH is 1. The summed E-state index contributed by atoms with van der Waals surface area (Å²) in [4.78, 5) is 13.5. The lowest BCUT2D eigenvalue weighted by atomic mass is 10.3. The minimum atomic E-state index is 0.0502. The maximum atomic E-state index is 11.7. The second-order valence-electron chi connectivity index (χ2n) is 4.12. The molecule has 0 aliphatic heterocycles. The summed E-state index contributed by atoms with van der Waals surface area (Å²) in [5.74, 6) is 0.0583. The van der Waals surface area contributed by atoms with Gasteiger partial charge in [-0.3, -0.25) is 4.79 Å². The monoisotopic (exact) mass is 224 g/mol. The number of aliphatic hydroxyl groups is 1. The Balaban J connectivity index is 1.89. The molecular weight excluding hydrogens is 208 g/mol. The highest BCUT2D eigenvalue weighted by Gasteiger charge is 2.29. The second kappa shape index (κ2) is 4.61. The molecule has 0 bridgehead atoms. The highest BCUT2D eigenvalue weighted by molar-refractivity contribution is 5.76. The quantitative estimate of drug-likeness (QED) is 0.727. The van der Waals surface area contributed by atoms with Gasteiger partial charge >= 0.3 is 0 Å². The molecule has 2 rings (SSSR count). The van der Waals surface area contributed by atoms with Crippen molar-refractivity contribution in [3.05, 3.63) is 11.9 Å². The number of likely N-dealkylation sites (N-methyl/N-ethyl adjacent to an activating group) is 1. The summed E-state index contributed by atoms with van der Waals surface area (Å²) >= 11 is 0. The van der Waals surface area contributed by atoms with E-state index in [1.54, 1.807) is 11.1 Å². The molecule has 1 aliphatic rings. The number of carbonyl (C=O) groups is 1. The molecule has 0 radical (unpaired) electrons. The molecule has 88 valence electrons. The number of hydrogen-bond donors (Lipinski definition) is 1. The van der Waals surface area contributed by atoms with Gasteiger partial charge in [0.25, 0.3) is 0 Å². The van der Waals surface area contributed by atoms with Gasteiger partial charge in [0.15, 0.2) is 0 Å². The molecule has 1 N–H and O–H groups in total. The summed E-state index contributed by atoms with van der Waals surface area (Å²) in [5, 5.41) is 16.4. The van der Waals surface area contributed by atoms with E-state index in [2.05, 4.69) is 10.3 Å². The lowest BCUT2D eigenvalue weighted by Gasteiger charge is -2.15. The predicted molar refractivity (Wildman–Crippen MR) is 56.6 cm³/mol. The third kappa shape index (κ3) is 2.57. The summed E-state index contributed by atoms with van der Waals surface area (Å²) in [6, 6.07) is 0.424. The fourth-order valence-corrected chi connectivity index (χ4v) is 1.56. The fraction of sp³-hybridized carbons (Fsp3) is 0.700.